The minimum atomic E-state index is -1.83. The number of rotatable bonds is 3. The molecule has 5 aromatic carbocycles. The fourth-order valence-corrected chi connectivity index (χ4v) is 9.61. The molecule has 0 atom stereocenters. The third-order valence-electron chi connectivity index (χ3n) is 4.56. The van der Waals surface area contributed by atoms with Crippen LogP contribution in [0.4, 0.5) is 0 Å². The normalized spacial score (nSPS) is 9.73. The number of phenolic OH excluding ortho intramolecular Hbond substituents is 2. The molecule has 0 saturated carbocycles. The maximum absolute atomic E-state index is 8.63. The Morgan fingerprint density at radius 1 is 0.303 bits per heavy atom. The van der Waals surface area contributed by atoms with Crippen LogP contribution >= 0.6 is 0 Å². The van der Waals surface area contributed by atoms with Gasteiger partial charge >= 0.3 is 122 Å². The van der Waals surface area contributed by atoms with E-state index in [4.69, 9.17) is 10.2 Å². The van der Waals surface area contributed by atoms with Gasteiger partial charge in [0.15, 0.2) is 0 Å². The van der Waals surface area contributed by atoms with E-state index in [1.807, 2.05) is 12.1 Å². The summed E-state index contributed by atoms with van der Waals surface area (Å²) < 4.78 is 4.55. The number of hydrogen-bond donors (Lipinski definition) is 2. The summed E-state index contributed by atoms with van der Waals surface area (Å²) in [4.78, 5) is 0. The monoisotopic (exact) mass is 540 g/mol. The number of hydrogen-bond acceptors (Lipinski definition) is 2. The summed E-state index contributed by atoms with van der Waals surface area (Å²) >= 11 is -1.83. The van der Waals surface area contributed by atoms with Gasteiger partial charge < -0.3 is 10.2 Å². The van der Waals surface area contributed by atoms with E-state index in [2.05, 4.69) is 91.0 Å². The first-order valence-corrected chi connectivity index (χ1v) is 14.5. The zero-order valence-corrected chi connectivity index (χ0v) is 20.8. The Kier molecular flexibility index (Phi) is 10.1. The van der Waals surface area contributed by atoms with Crippen molar-refractivity contribution in [1.82, 2.24) is 0 Å². The topological polar surface area (TPSA) is 40.5 Å². The molecule has 0 unspecified atom stereocenters. The van der Waals surface area contributed by atoms with Gasteiger partial charge in [-0.2, -0.15) is 0 Å². The third-order valence-corrected chi connectivity index (χ3v) is 11.5. The summed E-state index contributed by atoms with van der Waals surface area (Å²) in [6.07, 6.45) is 0. The van der Waals surface area contributed by atoms with Crippen molar-refractivity contribution in [3.05, 3.63) is 152 Å². The predicted octanol–water partition coefficient (Wildman–Crippen LogP) is 4.99. The van der Waals surface area contributed by atoms with Crippen LogP contribution in [0.5, 0.6) is 11.5 Å². The first-order valence-electron chi connectivity index (χ1n) is 10.7. The molecule has 0 bridgehead atoms. The van der Waals surface area contributed by atoms with Gasteiger partial charge in [-0.25, -0.2) is 0 Å². The summed E-state index contributed by atoms with van der Waals surface area (Å²) in [6, 6.07) is 50.3. The quantitative estimate of drug-likeness (QED) is 0.317. The average Bonchev–Trinajstić information content (AvgIpc) is 2.88. The second-order valence-corrected chi connectivity index (χ2v) is 13.3. The van der Waals surface area contributed by atoms with E-state index in [0.29, 0.717) is 11.5 Å². The van der Waals surface area contributed by atoms with E-state index in [9.17, 15) is 0 Å². The van der Waals surface area contributed by atoms with E-state index < -0.39 is 20.2 Å². The predicted molar refractivity (Wildman–Crippen MR) is 140 cm³/mol. The van der Waals surface area contributed by atoms with Crippen molar-refractivity contribution in [3.63, 3.8) is 0 Å². The van der Waals surface area contributed by atoms with Crippen molar-refractivity contribution in [2.24, 2.45) is 0 Å². The number of aromatic hydroxyl groups is 2. The van der Waals surface area contributed by atoms with Gasteiger partial charge in [0.2, 0.25) is 0 Å². The van der Waals surface area contributed by atoms with Crippen molar-refractivity contribution in [1.29, 1.82) is 0 Å². The zero-order valence-electron chi connectivity index (χ0n) is 18.3. The van der Waals surface area contributed by atoms with Crippen molar-refractivity contribution in [2.75, 3.05) is 0 Å². The molecule has 0 fully saturated rings. The van der Waals surface area contributed by atoms with Gasteiger partial charge in [-0.15, -0.1) is 0 Å². The van der Waals surface area contributed by atoms with Crippen LogP contribution in [0.3, 0.4) is 0 Å². The molecule has 5 aromatic rings. The van der Waals surface area contributed by atoms with Crippen LogP contribution in [0.15, 0.2) is 152 Å². The molecular formula is C30H27O2Sb. The molecule has 0 aliphatic heterocycles. The van der Waals surface area contributed by atoms with Crippen LogP contribution in [0, 0.1) is 0 Å². The van der Waals surface area contributed by atoms with Crippen molar-refractivity contribution >= 4 is 30.7 Å². The van der Waals surface area contributed by atoms with Gasteiger partial charge in [-0.1, -0.05) is 36.4 Å². The number of para-hydroxylation sites is 2. The molecule has 0 radical (unpaired) electrons. The Morgan fingerprint density at radius 2 is 0.515 bits per heavy atom. The average molecular weight is 541 g/mol. The fraction of sp³-hybridized carbons (Fsp3) is 0. The molecule has 0 spiro atoms. The summed E-state index contributed by atoms with van der Waals surface area (Å²) in [5.41, 5.74) is 0. The molecule has 5 rings (SSSR count). The van der Waals surface area contributed by atoms with Gasteiger partial charge in [0.05, 0.1) is 0 Å². The number of benzene rings is 5. The minimum absolute atomic E-state index is 0.322. The SMILES string of the molecule is Oc1ccccc1.Oc1ccccc1.c1cc[c]([Sb]([c]2ccccc2)[c]2ccccc2)cc1. The summed E-state index contributed by atoms with van der Waals surface area (Å²) in [5, 5.41) is 17.3. The van der Waals surface area contributed by atoms with Crippen LogP contribution in [0.1, 0.15) is 0 Å². The molecule has 0 aliphatic rings. The molecule has 2 N–H and O–H groups in total. The summed E-state index contributed by atoms with van der Waals surface area (Å²) in [6.45, 7) is 0. The molecule has 0 heterocycles. The second kappa shape index (κ2) is 13.8. The van der Waals surface area contributed by atoms with Gasteiger partial charge in [0.1, 0.15) is 11.5 Å². The van der Waals surface area contributed by atoms with Crippen molar-refractivity contribution in [3.8, 4) is 11.5 Å². The molecule has 33 heavy (non-hydrogen) atoms. The van der Waals surface area contributed by atoms with Crippen molar-refractivity contribution in [2.45, 2.75) is 0 Å². The van der Waals surface area contributed by atoms with Gasteiger partial charge in [0, 0.05) is 0 Å². The van der Waals surface area contributed by atoms with Crippen LogP contribution in [-0.2, 0) is 0 Å². The van der Waals surface area contributed by atoms with Crippen LogP contribution in [0.25, 0.3) is 0 Å². The molecule has 164 valence electrons. The molecule has 2 nitrogen and oxygen atoms in total. The van der Waals surface area contributed by atoms with Gasteiger partial charge in [-0.3, -0.25) is 0 Å². The molecule has 3 heteroatoms. The first-order chi connectivity index (χ1) is 16.2. The summed E-state index contributed by atoms with van der Waals surface area (Å²) in [5.74, 6) is 0.644. The van der Waals surface area contributed by atoms with Crippen molar-refractivity contribution < 1.29 is 10.2 Å². The van der Waals surface area contributed by atoms with Crippen LogP contribution in [0.2, 0.25) is 0 Å². The van der Waals surface area contributed by atoms with Crippen LogP contribution in [-0.4, -0.2) is 30.4 Å². The Bertz CT molecular complexity index is 1020. The van der Waals surface area contributed by atoms with E-state index in [0.717, 1.165) is 0 Å². The van der Waals surface area contributed by atoms with Gasteiger partial charge in [-0.05, 0) is 24.3 Å². The Balaban J connectivity index is 0.000000178. The third kappa shape index (κ3) is 8.52. The summed E-state index contributed by atoms with van der Waals surface area (Å²) in [7, 11) is 0. The second-order valence-electron chi connectivity index (χ2n) is 7.01. The Morgan fingerprint density at radius 3 is 0.697 bits per heavy atom. The molecular weight excluding hydrogens is 514 g/mol. The Labute approximate surface area is 203 Å². The van der Waals surface area contributed by atoms with E-state index in [1.165, 1.54) is 10.5 Å². The van der Waals surface area contributed by atoms with E-state index in [1.54, 1.807) is 48.5 Å². The molecule has 0 amide bonds. The molecule has 0 aromatic heterocycles. The maximum atomic E-state index is 8.63. The van der Waals surface area contributed by atoms with E-state index >= 15 is 0 Å². The number of phenols is 2. The molecule has 0 aliphatic carbocycles. The van der Waals surface area contributed by atoms with E-state index in [-0.39, 0.29) is 0 Å². The van der Waals surface area contributed by atoms with Gasteiger partial charge in [0.25, 0.3) is 0 Å². The fourth-order valence-electron chi connectivity index (χ4n) is 3.03. The first kappa shape index (κ1) is 24.2. The molecule has 0 saturated heterocycles. The van der Waals surface area contributed by atoms with Crippen LogP contribution < -0.4 is 10.5 Å². The Hall–Kier alpha value is -3.48. The zero-order chi connectivity index (χ0) is 23.1. The standard InChI is InChI=1S/2C6H6O.3C6H5.Sb/c2*7-6-4-2-1-3-5-6;3*1-2-4-6-5-3-1;/h2*1-5,7H;3*1-5H;.